The van der Waals surface area contributed by atoms with Crippen molar-refractivity contribution in [3.63, 3.8) is 0 Å². The fourth-order valence-electron chi connectivity index (χ4n) is 11.2. The van der Waals surface area contributed by atoms with Crippen LogP contribution in [-0.2, 0) is 5.41 Å². The first-order chi connectivity index (χ1) is 33.3. The van der Waals surface area contributed by atoms with E-state index in [-0.39, 0.29) is 0 Å². The van der Waals surface area contributed by atoms with Crippen LogP contribution in [0.25, 0.3) is 75.5 Å². The van der Waals surface area contributed by atoms with Gasteiger partial charge in [-0.1, -0.05) is 224 Å². The highest BCUT2D eigenvalue weighted by atomic mass is 32.1. The maximum atomic E-state index is 2.56. The van der Waals surface area contributed by atoms with Crippen LogP contribution in [0.15, 0.2) is 261 Å². The number of hydrogen-bond donors (Lipinski definition) is 0. The van der Waals surface area contributed by atoms with Gasteiger partial charge in [-0.15, -0.1) is 11.3 Å². The highest BCUT2D eigenvalue weighted by Gasteiger charge is 2.46. The van der Waals surface area contributed by atoms with E-state index < -0.39 is 5.41 Å². The first-order valence-electron chi connectivity index (χ1n) is 23.1. The van der Waals surface area contributed by atoms with Crippen molar-refractivity contribution < 1.29 is 0 Å². The first kappa shape index (κ1) is 39.1. The summed E-state index contributed by atoms with van der Waals surface area (Å²) in [5.74, 6) is 0. The third-order valence-electron chi connectivity index (χ3n) is 14.0. The topological polar surface area (TPSA) is 3.24 Å². The Morgan fingerprint density at radius 3 is 1.57 bits per heavy atom. The summed E-state index contributed by atoms with van der Waals surface area (Å²) >= 11 is 1.86. The van der Waals surface area contributed by atoms with E-state index in [1.807, 2.05) is 11.3 Å². The first-order valence-corrected chi connectivity index (χ1v) is 23.9. The molecule has 0 fully saturated rings. The van der Waals surface area contributed by atoms with Gasteiger partial charge in [0.05, 0.1) is 22.5 Å². The molecular weight excluding hydrogens is 827 g/mol. The van der Waals surface area contributed by atoms with Crippen LogP contribution in [0.1, 0.15) is 22.3 Å². The van der Waals surface area contributed by atoms with Crippen LogP contribution in [0.5, 0.6) is 0 Å². The molecule has 314 valence electrons. The van der Waals surface area contributed by atoms with Crippen molar-refractivity contribution in [2.75, 3.05) is 4.90 Å². The minimum atomic E-state index is -0.516. The fraction of sp³-hybridized carbons (Fsp3) is 0.0154. The van der Waals surface area contributed by atoms with Gasteiger partial charge in [0.1, 0.15) is 0 Å². The van der Waals surface area contributed by atoms with Gasteiger partial charge in [-0.05, 0) is 103 Å². The molecule has 2 heteroatoms. The highest BCUT2D eigenvalue weighted by Crippen LogP contribution is 2.58. The molecule has 0 bridgehead atoms. The van der Waals surface area contributed by atoms with Crippen molar-refractivity contribution in [1.82, 2.24) is 0 Å². The molecule has 1 aromatic heterocycles. The van der Waals surface area contributed by atoms with Gasteiger partial charge in [-0.25, -0.2) is 0 Å². The van der Waals surface area contributed by atoms with Crippen molar-refractivity contribution >= 4 is 59.3 Å². The molecule has 1 aliphatic carbocycles. The average molecular weight is 870 g/mol. The van der Waals surface area contributed by atoms with E-state index in [0.717, 1.165) is 22.6 Å². The molecule has 11 aromatic carbocycles. The number of anilines is 3. The summed E-state index contributed by atoms with van der Waals surface area (Å²) in [5.41, 5.74) is 17.6. The predicted molar refractivity (Wildman–Crippen MR) is 285 cm³/mol. The van der Waals surface area contributed by atoms with E-state index in [4.69, 9.17) is 0 Å². The minimum Gasteiger partial charge on any atom is -0.309 e. The Morgan fingerprint density at radius 2 is 0.821 bits per heavy atom. The van der Waals surface area contributed by atoms with Crippen LogP contribution in [0.4, 0.5) is 17.1 Å². The molecule has 0 radical (unpaired) electrons. The second-order valence-corrected chi connectivity index (χ2v) is 18.6. The smallest absolute Gasteiger partial charge is 0.0713 e. The lowest BCUT2D eigenvalue weighted by atomic mass is 9.67. The molecule has 0 aliphatic heterocycles. The number of benzene rings is 11. The highest BCUT2D eigenvalue weighted by molar-refractivity contribution is 7.26. The van der Waals surface area contributed by atoms with Gasteiger partial charge in [0, 0.05) is 31.3 Å². The number of rotatable bonds is 8. The molecule has 0 saturated carbocycles. The third-order valence-corrected chi connectivity index (χ3v) is 15.1. The van der Waals surface area contributed by atoms with Crippen LogP contribution < -0.4 is 4.90 Å². The van der Waals surface area contributed by atoms with Crippen LogP contribution in [0, 0.1) is 0 Å². The van der Waals surface area contributed by atoms with E-state index in [2.05, 4.69) is 266 Å². The lowest BCUT2D eigenvalue weighted by Gasteiger charge is -2.34. The number of nitrogens with zero attached hydrogens (tertiary/aromatic N) is 1. The number of thiophene rings is 1. The van der Waals surface area contributed by atoms with Crippen molar-refractivity contribution in [2.45, 2.75) is 5.41 Å². The van der Waals surface area contributed by atoms with Crippen molar-refractivity contribution in [3.8, 4) is 44.5 Å². The van der Waals surface area contributed by atoms with Gasteiger partial charge in [0.2, 0.25) is 0 Å². The third kappa shape index (κ3) is 6.14. The Kier molecular flexibility index (Phi) is 9.33. The van der Waals surface area contributed by atoms with Crippen molar-refractivity contribution in [2.24, 2.45) is 0 Å². The van der Waals surface area contributed by atoms with Crippen LogP contribution >= 0.6 is 11.3 Å². The normalized spacial score (nSPS) is 12.6. The van der Waals surface area contributed by atoms with Crippen LogP contribution in [0.2, 0.25) is 0 Å². The average Bonchev–Trinajstić information content (AvgIpc) is 3.94. The molecule has 0 N–H and O–H groups in total. The minimum absolute atomic E-state index is 0.516. The van der Waals surface area contributed by atoms with Gasteiger partial charge in [0.15, 0.2) is 0 Å². The number of para-hydroxylation sites is 2. The molecule has 0 atom stereocenters. The molecule has 1 nitrogen and oxygen atoms in total. The second kappa shape index (κ2) is 16.0. The maximum Gasteiger partial charge on any atom is 0.0713 e. The number of fused-ring (bicyclic) bond motifs is 7. The van der Waals surface area contributed by atoms with E-state index in [1.165, 1.54) is 92.1 Å². The van der Waals surface area contributed by atoms with Gasteiger partial charge < -0.3 is 4.90 Å². The fourth-order valence-corrected chi connectivity index (χ4v) is 12.3. The molecule has 13 rings (SSSR count). The standard InChI is InChI=1S/C65H43NS/c1-4-21-44(22-5-1)50-33-18-23-45-24-19-34-54(63(45)50)53-31-12-16-37-59(53)66(60-38-20-40-62-64(60)55-32-13-17-39-61(55)67-62)58-36-15-11-29-49(58)46-41-42-52-51-30-10-14-35-56(51)65(57(52)43-46,47-25-6-2-7-26-47)48-27-8-3-9-28-48/h1-43H. The molecular formula is C65H43NS. The lowest BCUT2D eigenvalue weighted by Crippen LogP contribution is -2.28. The number of hydrogen-bond acceptors (Lipinski definition) is 2. The summed E-state index contributed by atoms with van der Waals surface area (Å²) in [6.45, 7) is 0. The maximum absolute atomic E-state index is 2.56. The Morgan fingerprint density at radius 1 is 0.299 bits per heavy atom. The Labute approximate surface area is 395 Å². The van der Waals surface area contributed by atoms with Crippen LogP contribution in [0.3, 0.4) is 0 Å². The Hall–Kier alpha value is -8.30. The van der Waals surface area contributed by atoms with E-state index >= 15 is 0 Å². The molecule has 67 heavy (non-hydrogen) atoms. The Balaban J connectivity index is 1.10. The van der Waals surface area contributed by atoms with Crippen LogP contribution in [-0.4, -0.2) is 0 Å². The molecule has 0 spiro atoms. The van der Waals surface area contributed by atoms with Gasteiger partial charge in [-0.2, -0.15) is 0 Å². The molecule has 12 aromatic rings. The second-order valence-electron chi connectivity index (χ2n) is 17.5. The molecule has 0 saturated heterocycles. The van der Waals surface area contributed by atoms with E-state index in [1.54, 1.807) is 0 Å². The molecule has 0 unspecified atom stereocenters. The largest absolute Gasteiger partial charge is 0.309 e. The SMILES string of the molecule is c1ccc(-c2cccc3cccc(-c4ccccc4N(c4ccccc4-c4ccc5c(c4)C(c4ccccc4)(c4ccccc4)c4ccccc4-5)c4cccc5sc6ccccc6c45)c23)cc1. The summed E-state index contributed by atoms with van der Waals surface area (Å²) in [6.07, 6.45) is 0. The summed E-state index contributed by atoms with van der Waals surface area (Å²) < 4.78 is 2.55. The van der Waals surface area contributed by atoms with Gasteiger partial charge in [0.25, 0.3) is 0 Å². The zero-order chi connectivity index (χ0) is 44.3. The van der Waals surface area contributed by atoms with Gasteiger partial charge >= 0.3 is 0 Å². The van der Waals surface area contributed by atoms with Crippen molar-refractivity contribution in [3.05, 3.63) is 283 Å². The van der Waals surface area contributed by atoms with Gasteiger partial charge in [-0.3, -0.25) is 0 Å². The monoisotopic (exact) mass is 869 g/mol. The zero-order valence-electron chi connectivity index (χ0n) is 36.7. The summed E-state index contributed by atoms with van der Waals surface area (Å²) in [4.78, 5) is 2.56. The van der Waals surface area contributed by atoms with E-state index in [9.17, 15) is 0 Å². The molecule has 1 heterocycles. The Bertz CT molecular complexity index is 3770. The summed E-state index contributed by atoms with van der Waals surface area (Å²) in [7, 11) is 0. The predicted octanol–water partition coefficient (Wildman–Crippen LogP) is 18.0. The lowest BCUT2D eigenvalue weighted by molar-refractivity contribution is 0.769. The summed E-state index contributed by atoms with van der Waals surface area (Å²) in [6, 6.07) is 96.5. The van der Waals surface area contributed by atoms with E-state index in [0.29, 0.717) is 0 Å². The van der Waals surface area contributed by atoms with Crippen molar-refractivity contribution in [1.29, 1.82) is 0 Å². The molecule has 1 aliphatic rings. The molecule has 0 amide bonds. The quantitative estimate of drug-likeness (QED) is 0.147. The summed E-state index contributed by atoms with van der Waals surface area (Å²) in [5, 5.41) is 4.98. The zero-order valence-corrected chi connectivity index (χ0v) is 37.5.